The van der Waals surface area contributed by atoms with Crippen molar-refractivity contribution in [3.8, 4) is 5.75 Å². The molecule has 0 unspecified atom stereocenters. The lowest BCUT2D eigenvalue weighted by molar-refractivity contribution is 0.268. The molecule has 0 radical (unpaired) electrons. The van der Waals surface area contributed by atoms with Crippen LogP contribution in [0.1, 0.15) is 35.8 Å². The van der Waals surface area contributed by atoms with Gasteiger partial charge in [0.1, 0.15) is 18.1 Å². The summed E-state index contributed by atoms with van der Waals surface area (Å²) in [6, 6.07) is 8.14. The molecule has 0 fully saturated rings. The minimum atomic E-state index is 0.471. The van der Waals surface area contributed by atoms with Gasteiger partial charge in [-0.25, -0.2) is 0 Å². The zero-order valence-electron chi connectivity index (χ0n) is 12.5. The molecule has 0 aliphatic carbocycles. The molecule has 1 heterocycles. The van der Waals surface area contributed by atoms with Crippen molar-refractivity contribution >= 4 is 0 Å². The Morgan fingerprint density at radius 3 is 2.75 bits per heavy atom. The van der Waals surface area contributed by atoms with Gasteiger partial charge in [0.15, 0.2) is 0 Å². The number of ether oxygens (including phenoxy) is 1. The fraction of sp³-hybridized carbons (Fsp3) is 0.412. The van der Waals surface area contributed by atoms with Gasteiger partial charge in [0.2, 0.25) is 0 Å². The summed E-state index contributed by atoms with van der Waals surface area (Å²) < 4.78 is 11.3. The van der Waals surface area contributed by atoms with E-state index in [-0.39, 0.29) is 0 Å². The normalized spacial score (nSPS) is 10.8. The van der Waals surface area contributed by atoms with Gasteiger partial charge in [0.05, 0.1) is 6.26 Å². The van der Waals surface area contributed by atoms with Crippen LogP contribution in [0.3, 0.4) is 0 Å². The molecule has 3 heteroatoms. The number of hydrogen-bond acceptors (Lipinski definition) is 3. The first-order valence-corrected chi connectivity index (χ1v) is 7.16. The highest BCUT2D eigenvalue weighted by Gasteiger charge is 2.07. The third kappa shape index (κ3) is 3.87. The number of hydrogen-bond donors (Lipinski definition) is 1. The fourth-order valence-corrected chi connectivity index (χ4v) is 2.00. The van der Waals surface area contributed by atoms with Gasteiger partial charge in [-0.3, -0.25) is 0 Å². The van der Waals surface area contributed by atoms with Crippen molar-refractivity contribution in [2.45, 2.75) is 40.3 Å². The van der Waals surface area contributed by atoms with Crippen molar-refractivity contribution in [2.75, 3.05) is 6.54 Å². The molecular formula is C17H23NO2. The van der Waals surface area contributed by atoms with Crippen LogP contribution in [0, 0.1) is 13.8 Å². The number of furan rings is 1. The van der Waals surface area contributed by atoms with Gasteiger partial charge >= 0.3 is 0 Å². The van der Waals surface area contributed by atoms with E-state index in [0.717, 1.165) is 31.0 Å². The number of rotatable bonds is 7. The highest BCUT2D eigenvalue weighted by Crippen LogP contribution is 2.19. The maximum atomic E-state index is 5.81. The van der Waals surface area contributed by atoms with E-state index < -0.39 is 0 Å². The average molecular weight is 273 g/mol. The molecule has 0 amide bonds. The van der Waals surface area contributed by atoms with Crippen molar-refractivity contribution in [3.63, 3.8) is 0 Å². The van der Waals surface area contributed by atoms with Crippen molar-refractivity contribution in [3.05, 3.63) is 53.0 Å². The first-order chi connectivity index (χ1) is 9.70. The van der Waals surface area contributed by atoms with Crippen molar-refractivity contribution in [2.24, 2.45) is 0 Å². The largest absolute Gasteiger partial charge is 0.486 e. The monoisotopic (exact) mass is 273 g/mol. The fourth-order valence-electron chi connectivity index (χ4n) is 2.00. The number of benzene rings is 1. The molecule has 0 bridgehead atoms. The quantitative estimate of drug-likeness (QED) is 0.775. The van der Waals surface area contributed by atoms with Crippen LogP contribution in [-0.2, 0) is 13.2 Å². The molecular weight excluding hydrogens is 250 g/mol. The number of aryl methyl sites for hydroxylation is 2. The van der Waals surface area contributed by atoms with E-state index in [1.165, 1.54) is 16.7 Å². The molecule has 1 N–H and O–H groups in total. The lowest BCUT2D eigenvalue weighted by Gasteiger charge is -2.08. The van der Waals surface area contributed by atoms with E-state index in [2.05, 4.69) is 38.2 Å². The van der Waals surface area contributed by atoms with E-state index in [4.69, 9.17) is 9.15 Å². The maximum Gasteiger partial charge on any atom is 0.146 e. The summed E-state index contributed by atoms with van der Waals surface area (Å²) in [6.07, 6.45) is 2.86. The second-order valence-electron chi connectivity index (χ2n) is 5.08. The molecule has 1 aromatic carbocycles. The topological polar surface area (TPSA) is 34.4 Å². The smallest absolute Gasteiger partial charge is 0.146 e. The van der Waals surface area contributed by atoms with Crippen LogP contribution in [0.4, 0.5) is 0 Å². The predicted octanol–water partition coefficient (Wildman–Crippen LogP) is 3.98. The van der Waals surface area contributed by atoms with Gasteiger partial charge < -0.3 is 14.5 Å². The summed E-state index contributed by atoms with van der Waals surface area (Å²) in [6.45, 7) is 8.67. The molecule has 108 valence electrons. The Morgan fingerprint density at radius 1 is 1.15 bits per heavy atom. The Morgan fingerprint density at radius 2 is 2.00 bits per heavy atom. The van der Waals surface area contributed by atoms with Gasteiger partial charge in [0.25, 0.3) is 0 Å². The van der Waals surface area contributed by atoms with Gasteiger partial charge in [-0.05, 0) is 56.1 Å². The van der Waals surface area contributed by atoms with Crippen LogP contribution in [0.15, 0.2) is 34.9 Å². The molecule has 0 spiro atoms. The number of nitrogens with one attached hydrogen (secondary N) is 1. The molecule has 0 saturated carbocycles. The van der Waals surface area contributed by atoms with E-state index in [0.29, 0.717) is 6.61 Å². The summed E-state index contributed by atoms with van der Waals surface area (Å²) in [7, 11) is 0. The van der Waals surface area contributed by atoms with Crippen LogP contribution in [0.25, 0.3) is 0 Å². The Labute approximate surface area is 121 Å². The Balaban J connectivity index is 1.93. The SMILES string of the molecule is CCCNCc1ccoc1COc1ccc(C)c(C)c1. The van der Waals surface area contributed by atoms with Crippen LogP contribution < -0.4 is 10.1 Å². The van der Waals surface area contributed by atoms with Crippen molar-refractivity contribution in [1.82, 2.24) is 5.32 Å². The van der Waals surface area contributed by atoms with Gasteiger partial charge in [-0.1, -0.05) is 13.0 Å². The first-order valence-electron chi connectivity index (χ1n) is 7.16. The highest BCUT2D eigenvalue weighted by molar-refractivity contribution is 5.34. The van der Waals surface area contributed by atoms with Crippen LogP contribution >= 0.6 is 0 Å². The lowest BCUT2D eigenvalue weighted by Crippen LogP contribution is -2.14. The summed E-state index contributed by atoms with van der Waals surface area (Å²) in [5, 5.41) is 3.38. The molecule has 3 nitrogen and oxygen atoms in total. The van der Waals surface area contributed by atoms with Crippen LogP contribution in [-0.4, -0.2) is 6.54 Å². The van der Waals surface area contributed by atoms with E-state index in [1.54, 1.807) is 6.26 Å². The molecule has 1 aromatic heterocycles. The first kappa shape index (κ1) is 14.7. The third-order valence-electron chi connectivity index (χ3n) is 3.43. The summed E-state index contributed by atoms with van der Waals surface area (Å²) in [5.74, 6) is 1.78. The Bertz CT molecular complexity index is 546. The molecule has 0 saturated heterocycles. The minimum Gasteiger partial charge on any atom is -0.486 e. The molecule has 2 rings (SSSR count). The molecule has 0 aliphatic heterocycles. The van der Waals surface area contributed by atoms with Crippen molar-refractivity contribution in [1.29, 1.82) is 0 Å². The minimum absolute atomic E-state index is 0.471. The Hall–Kier alpha value is -1.74. The van der Waals surface area contributed by atoms with Crippen molar-refractivity contribution < 1.29 is 9.15 Å². The predicted molar refractivity (Wildman–Crippen MR) is 81.0 cm³/mol. The summed E-state index contributed by atoms with van der Waals surface area (Å²) in [4.78, 5) is 0. The van der Waals surface area contributed by atoms with E-state index in [1.807, 2.05) is 12.1 Å². The van der Waals surface area contributed by atoms with Crippen LogP contribution in [0.5, 0.6) is 5.75 Å². The lowest BCUT2D eigenvalue weighted by atomic mass is 10.1. The van der Waals surface area contributed by atoms with Gasteiger partial charge in [-0.2, -0.15) is 0 Å². The third-order valence-corrected chi connectivity index (χ3v) is 3.43. The average Bonchev–Trinajstić information content (AvgIpc) is 2.88. The zero-order chi connectivity index (χ0) is 14.4. The van der Waals surface area contributed by atoms with E-state index in [9.17, 15) is 0 Å². The van der Waals surface area contributed by atoms with E-state index >= 15 is 0 Å². The molecule has 2 aromatic rings. The van der Waals surface area contributed by atoms with Crippen LogP contribution in [0.2, 0.25) is 0 Å². The zero-order valence-corrected chi connectivity index (χ0v) is 12.5. The molecule has 0 aliphatic rings. The second-order valence-corrected chi connectivity index (χ2v) is 5.08. The van der Waals surface area contributed by atoms with Gasteiger partial charge in [-0.15, -0.1) is 0 Å². The second kappa shape index (κ2) is 7.15. The molecule has 20 heavy (non-hydrogen) atoms. The standard InChI is InChI=1S/C17H23NO2/c1-4-8-18-11-15-7-9-19-17(15)12-20-16-6-5-13(2)14(3)10-16/h5-7,9-10,18H,4,8,11-12H2,1-3H3. The highest BCUT2D eigenvalue weighted by atomic mass is 16.5. The molecule has 0 atom stereocenters. The summed E-state index contributed by atoms with van der Waals surface area (Å²) in [5.41, 5.74) is 3.69. The Kier molecular flexibility index (Phi) is 5.24. The summed E-state index contributed by atoms with van der Waals surface area (Å²) >= 11 is 0. The maximum absolute atomic E-state index is 5.81. The van der Waals surface area contributed by atoms with Gasteiger partial charge in [0, 0.05) is 12.1 Å².